The summed E-state index contributed by atoms with van der Waals surface area (Å²) in [6, 6.07) is 20.8. The maximum absolute atomic E-state index is 12.6. The summed E-state index contributed by atoms with van der Waals surface area (Å²) in [5.41, 5.74) is 7.76. The lowest BCUT2D eigenvalue weighted by Gasteiger charge is -2.07. The highest BCUT2D eigenvalue weighted by Crippen LogP contribution is 2.34. The molecule has 0 aliphatic heterocycles. The number of hydrogen-bond donors (Lipinski definition) is 3. The number of nitrogens with zero attached hydrogens (tertiary/aromatic N) is 5. The molecule has 7 rings (SSSR count). The molecule has 0 radical (unpaired) electrons. The zero-order valence-corrected chi connectivity index (χ0v) is 20.5. The summed E-state index contributed by atoms with van der Waals surface area (Å²) >= 11 is 0. The van der Waals surface area contributed by atoms with Gasteiger partial charge in [0.25, 0.3) is 5.91 Å². The number of nitrogens with one attached hydrogen (secondary N) is 3. The molecular formula is C30H20N8O. The summed E-state index contributed by atoms with van der Waals surface area (Å²) in [5, 5.41) is 12.4. The van der Waals surface area contributed by atoms with Gasteiger partial charge in [0.2, 0.25) is 0 Å². The first-order valence-corrected chi connectivity index (χ1v) is 12.3. The summed E-state index contributed by atoms with van der Waals surface area (Å²) < 4.78 is 0. The average molecular weight is 509 g/mol. The van der Waals surface area contributed by atoms with Crippen molar-refractivity contribution in [1.29, 1.82) is 0 Å². The number of hydrogen-bond acceptors (Lipinski definition) is 6. The van der Waals surface area contributed by atoms with Crippen LogP contribution in [0.3, 0.4) is 0 Å². The van der Waals surface area contributed by atoms with Gasteiger partial charge in [-0.3, -0.25) is 24.8 Å². The van der Waals surface area contributed by atoms with E-state index in [2.05, 4.69) is 46.5 Å². The summed E-state index contributed by atoms with van der Waals surface area (Å²) in [5.74, 6) is -0.196. The van der Waals surface area contributed by atoms with Crippen LogP contribution in [0.2, 0.25) is 0 Å². The van der Waals surface area contributed by atoms with Gasteiger partial charge < -0.3 is 10.3 Å². The molecule has 1 amide bonds. The van der Waals surface area contributed by atoms with Crippen LogP contribution in [0.5, 0.6) is 0 Å². The Morgan fingerprint density at radius 2 is 1.62 bits per heavy atom. The quantitative estimate of drug-likeness (QED) is 0.267. The molecule has 39 heavy (non-hydrogen) atoms. The van der Waals surface area contributed by atoms with E-state index < -0.39 is 0 Å². The van der Waals surface area contributed by atoms with Gasteiger partial charge in [-0.05, 0) is 42.5 Å². The zero-order chi connectivity index (χ0) is 26.2. The highest BCUT2D eigenvalue weighted by molar-refractivity contribution is 6.04. The molecule has 186 valence electrons. The number of pyridine rings is 4. The Bertz CT molecular complexity index is 1960. The van der Waals surface area contributed by atoms with Crippen molar-refractivity contribution in [2.45, 2.75) is 0 Å². The summed E-state index contributed by atoms with van der Waals surface area (Å²) in [6.45, 7) is 0. The van der Waals surface area contributed by atoms with Crippen LogP contribution in [0.1, 0.15) is 10.4 Å². The van der Waals surface area contributed by atoms with Crippen LogP contribution in [0.4, 0.5) is 5.69 Å². The van der Waals surface area contributed by atoms with Crippen molar-refractivity contribution in [2.75, 3.05) is 5.32 Å². The van der Waals surface area contributed by atoms with Gasteiger partial charge >= 0.3 is 0 Å². The molecule has 6 heterocycles. The SMILES string of the molecule is O=C(Nc1cncc(-c2cnc3[nH]nc(-c4cc5c(-c6ccccn6)cncc5[nH]4)c3c2)c1)c1ccccc1. The largest absolute Gasteiger partial charge is 0.352 e. The highest BCUT2D eigenvalue weighted by atomic mass is 16.1. The van der Waals surface area contributed by atoms with Crippen LogP contribution >= 0.6 is 0 Å². The number of carbonyl (C=O) groups excluding carboxylic acids is 1. The monoisotopic (exact) mass is 508 g/mol. The molecule has 0 unspecified atom stereocenters. The van der Waals surface area contributed by atoms with Gasteiger partial charge in [-0.15, -0.1) is 0 Å². The second kappa shape index (κ2) is 9.31. The summed E-state index contributed by atoms with van der Waals surface area (Å²) in [6.07, 6.45) is 10.5. The van der Waals surface area contributed by atoms with Crippen molar-refractivity contribution in [2.24, 2.45) is 0 Å². The van der Waals surface area contributed by atoms with Gasteiger partial charge in [-0.25, -0.2) is 4.98 Å². The van der Waals surface area contributed by atoms with Crippen LogP contribution in [0, 0.1) is 0 Å². The topological polar surface area (TPSA) is 125 Å². The van der Waals surface area contributed by atoms with E-state index in [0.29, 0.717) is 16.9 Å². The number of rotatable bonds is 5. The van der Waals surface area contributed by atoms with Crippen LogP contribution < -0.4 is 5.32 Å². The molecule has 0 fully saturated rings. The number of amides is 1. The number of benzene rings is 1. The van der Waals surface area contributed by atoms with Crippen LogP contribution in [0.25, 0.3) is 55.7 Å². The fourth-order valence-electron chi connectivity index (χ4n) is 4.63. The predicted octanol–water partition coefficient (Wildman–Crippen LogP) is 5.88. The lowest BCUT2D eigenvalue weighted by molar-refractivity contribution is 0.102. The fourth-order valence-corrected chi connectivity index (χ4v) is 4.63. The van der Waals surface area contributed by atoms with E-state index in [1.54, 1.807) is 43.1 Å². The van der Waals surface area contributed by atoms with Crippen molar-refractivity contribution in [3.8, 4) is 33.8 Å². The first kappa shape index (κ1) is 22.5. The van der Waals surface area contributed by atoms with Gasteiger partial charge in [0.1, 0.15) is 5.69 Å². The van der Waals surface area contributed by atoms with Gasteiger partial charge in [-0.2, -0.15) is 5.10 Å². The first-order chi connectivity index (χ1) is 19.2. The minimum absolute atomic E-state index is 0.196. The molecule has 0 aliphatic rings. The fraction of sp³-hybridized carbons (Fsp3) is 0. The number of anilines is 1. The molecule has 3 N–H and O–H groups in total. The van der Waals surface area contributed by atoms with E-state index in [1.165, 1.54) is 0 Å². The molecule has 1 aromatic carbocycles. The zero-order valence-electron chi connectivity index (χ0n) is 20.5. The van der Waals surface area contributed by atoms with Crippen LogP contribution in [0.15, 0.2) is 104 Å². The number of carbonyl (C=O) groups is 1. The van der Waals surface area contributed by atoms with E-state index in [-0.39, 0.29) is 5.91 Å². The molecule has 0 saturated heterocycles. The van der Waals surface area contributed by atoms with Crippen LogP contribution in [-0.4, -0.2) is 41.0 Å². The van der Waals surface area contributed by atoms with Crippen molar-refractivity contribution >= 4 is 33.5 Å². The molecule has 0 spiro atoms. The van der Waals surface area contributed by atoms with Gasteiger partial charge in [0.15, 0.2) is 5.65 Å². The van der Waals surface area contributed by atoms with E-state index in [4.69, 9.17) is 0 Å². The average Bonchev–Trinajstić information content (AvgIpc) is 3.62. The van der Waals surface area contributed by atoms with Crippen LogP contribution in [-0.2, 0) is 0 Å². The van der Waals surface area contributed by atoms with E-state index in [9.17, 15) is 4.79 Å². The summed E-state index contributed by atoms with van der Waals surface area (Å²) in [4.78, 5) is 33.9. The van der Waals surface area contributed by atoms with Crippen molar-refractivity contribution in [3.05, 3.63) is 109 Å². The van der Waals surface area contributed by atoms with E-state index in [1.807, 2.05) is 54.7 Å². The molecule has 9 heteroatoms. The third kappa shape index (κ3) is 4.17. The van der Waals surface area contributed by atoms with Crippen molar-refractivity contribution in [3.63, 3.8) is 0 Å². The molecule has 0 bridgehead atoms. The van der Waals surface area contributed by atoms with E-state index in [0.717, 1.165) is 50.1 Å². The second-order valence-corrected chi connectivity index (χ2v) is 9.02. The highest BCUT2D eigenvalue weighted by Gasteiger charge is 2.16. The lowest BCUT2D eigenvalue weighted by atomic mass is 10.1. The smallest absolute Gasteiger partial charge is 0.255 e. The standard InChI is InChI=1S/C30H20N8O/c39-30(18-6-2-1-3-7-18)35-21-10-19(13-31-15-21)20-11-23-28(37-38-29(23)34-14-20)26-12-22-24(16-32-17-27(22)36-26)25-8-4-5-9-33-25/h1-17,36H,(H,35,39)(H,34,37,38). The number of H-pyrrole nitrogens is 2. The number of aromatic nitrogens is 7. The van der Waals surface area contributed by atoms with Gasteiger partial charge in [0.05, 0.1) is 35.0 Å². The minimum atomic E-state index is -0.196. The first-order valence-electron chi connectivity index (χ1n) is 12.3. The van der Waals surface area contributed by atoms with Crippen molar-refractivity contribution < 1.29 is 4.79 Å². The van der Waals surface area contributed by atoms with Crippen molar-refractivity contribution in [1.82, 2.24) is 35.1 Å². The van der Waals surface area contributed by atoms with Gasteiger partial charge in [0, 0.05) is 57.8 Å². The minimum Gasteiger partial charge on any atom is -0.352 e. The number of aromatic amines is 2. The third-order valence-corrected chi connectivity index (χ3v) is 6.52. The Morgan fingerprint density at radius 3 is 2.49 bits per heavy atom. The Kier molecular flexibility index (Phi) is 5.37. The maximum Gasteiger partial charge on any atom is 0.255 e. The number of fused-ring (bicyclic) bond motifs is 2. The molecule has 6 aromatic heterocycles. The Morgan fingerprint density at radius 1 is 0.769 bits per heavy atom. The Hall–Kier alpha value is -5.70. The molecule has 0 saturated carbocycles. The lowest BCUT2D eigenvalue weighted by Crippen LogP contribution is -2.11. The Balaban J connectivity index is 1.25. The van der Waals surface area contributed by atoms with E-state index >= 15 is 0 Å². The molecule has 7 aromatic rings. The Labute approximate surface area is 222 Å². The van der Waals surface area contributed by atoms with Gasteiger partial charge in [-0.1, -0.05) is 24.3 Å². The normalized spacial score (nSPS) is 11.2. The predicted molar refractivity (Wildman–Crippen MR) is 150 cm³/mol. The molecular weight excluding hydrogens is 488 g/mol. The second-order valence-electron chi connectivity index (χ2n) is 9.02. The maximum atomic E-state index is 12.6. The molecule has 9 nitrogen and oxygen atoms in total. The molecule has 0 aliphatic carbocycles. The molecule has 0 atom stereocenters. The third-order valence-electron chi connectivity index (χ3n) is 6.52. The summed E-state index contributed by atoms with van der Waals surface area (Å²) in [7, 11) is 0.